The van der Waals surface area contributed by atoms with E-state index in [2.05, 4.69) is 22.9 Å². The Balaban J connectivity index is 1.36. The van der Waals surface area contributed by atoms with Crippen LogP contribution in [0.1, 0.15) is 128 Å². The number of hydrogen-bond acceptors (Lipinski definition) is 2. The fraction of sp³-hybridized carbons (Fsp3) is 1.00. The molecule has 0 bridgehead atoms. The summed E-state index contributed by atoms with van der Waals surface area (Å²) < 4.78 is 0. The van der Waals surface area contributed by atoms with Crippen molar-refractivity contribution in [2.45, 2.75) is 151 Å². The summed E-state index contributed by atoms with van der Waals surface area (Å²) in [6.07, 6.45) is 36.6. The molecule has 35 heavy (non-hydrogen) atoms. The van der Waals surface area contributed by atoms with E-state index in [-0.39, 0.29) is 15.8 Å². The van der Waals surface area contributed by atoms with Crippen LogP contribution in [0.2, 0.25) is 0 Å². The molecule has 0 aromatic rings. The normalized spacial score (nSPS) is 24.7. The lowest BCUT2D eigenvalue weighted by atomic mass is 9.99. The van der Waals surface area contributed by atoms with E-state index in [1.807, 2.05) is 0 Å². The first-order chi connectivity index (χ1) is 17.3. The average Bonchev–Trinajstić information content (AvgIpc) is 2.94. The highest BCUT2D eigenvalue weighted by Gasteiger charge is 2.33. The molecule has 4 rings (SSSR count). The molecule has 4 saturated carbocycles. The first-order valence-corrected chi connectivity index (χ1v) is 20.8. The molecule has 0 aromatic carbocycles. The molecule has 4 aliphatic carbocycles. The summed E-state index contributed by atoms with van der Waals surface area (Å²) >= 11 is 2.08. The predicted molar refractivity (Wildman–Crippen MR) is 166 cm³/mol. The van der Waals surface area contributed by atoms with Gasteiger partial charge in [-0.05, 0) is 92.6 Å². The first-order valence-electron chi connectivity index (χ1n) is 16.1. The molecule has 0 N–H and O–H groups in total. The van der Waals surface area contributed by atoms with Gasteiger partial charge in [0.2, 0.25) is 0 Å². The molecule has 1 nitrogen and oxygen atoms in total. The van der Waals surface area contributed by atoms with Crippen molar-refractivity contribution in [2.75, 3.05) is 44.0 Å². The maximum absolute atomic E-state index is 3.00. The van der Waals surface area contributed by atoms with Gasteiger partial charge in [-0.15, -0.1) is 0 Å². The number of thioether (sulfide) groups is 1. The van der Waals surface area contributed by atoms with Crippen LogP contribution in [0.3, 0.4) is 0 Å². The minimum atomic E-state index is 0.262. The summed E-state index contributed by atoms with van der Waals surface area (Å²) in [5.74, 6) is 1.34. The highest BCUT2D eigenvalue weighted by atomic mass is 32.2. The van der Waals surface area contributed by atoms with E-state index >= 15 is 0 Å². The molecule has 4 aliphatic rings. The van der Waals surface area contributed by atoms with Crippen LogP contribution in [0.4, 0.5) is 0 Å². The SMILES string of the molecule is CSCCN(CCP(C1CCCCC1)C1CCCCC1)CCP(C1CCCCC1)C1CCCCC1. The van der Waals surface area contributed by atoms with Crippen molar-refractivity contribution in [2.24, 2.45) is 0 Å². The molecule has 4 heteroatoms. The Bertz CT molecular complexity index is 456. The van der Waals surface area contributed by atoms with E-state index in [4.69, 9.17) is 0 Å². The number of rotatable bonds is 13. The standard InChI is InChI=1S/C31H59NP2S/c1-35-27-24-32(22-25-33(28-14-6-2-7-15-28)29-16-8-3-9-17-29)23-26-34(30-18-10-4-11-19-30)31-20-12-5-13-21-31/h28-31H,2-27H2,1H3. The van der Waals surface area contributed by atoms with Crippen molar-refractivity contribution in [3.05, 3.63) is 0 Å². The topological polar surface area (TPSA) is 3.24 Å². The van der Waals surface area contributed by atoms with Gasteiger partial charge in [0.25, 0.3) is 0 Å². The second-order valence-corrected chi connectivity index (χ2v) is 19.3. The molecule has 0 atom stereocenters. The number of hydrogen-bond donors (Lipinski definition) is 0. The fourth-order valence-electron chi connectivity index (χ4n) is 8.05. The molecule has 204 valence electrons. The van der Waals surface area contributed by atoms with Crippen molar-refractivity contribution < 1.29 is 0 Å². The Morgan fingerprint density at radius 1 is 0.486 bits per heavy atom. The molecule has 0 aromatic heterocycles. The Morgan fingerprint density at radius 2 is 0.800 bits per heavy atom. The summed E-state index contributed by atoms with van der Waals surface area (Å²) in [7, 11) is 0.524. The van der Waals surface area contributed by atoms with Crippen LogP contribution in [0.25, 0.3) is 0 Å². The molecule has 0 spiro atoms. The minimum absolute atomic E-state index is 0.262. The third-order valence-corrected chi connectivity index (χ3v) is 18.0. The predicted octanol–water partition coefficient (Wildman–Crippen LogP) is 9.95. The van der Waals surface area contributed by atoms with Gasteiger partial charge in [0, 0.05) is 25.4 Å². The van der Waals surface area contributed by atoms with Gasteiger partial charge in [0.05, 0.1) is 0 Å². The summed E-state index contributed by atoms with van der Waals surface area (Å²) in [5, 5.41) is 0. The molecule has 0 amide bonds. The largest absolute Gasteiger partial charge is 0.302 e. The Kier molecular flexibility index (Phi) is 14.2. The summed E-state index contributed by atoms with van der Waals surface area (Å²) in [5.41, 5.74) is 4.52. The van der Waals surface area contributed by atoms with Gasteiger partial charge in [0.1, 0.15) is 0 Å². The molecule has 0 aliphatic heterocycles. The van der Waals surface area contributed by atoms with Crippen molar-refractivity contribution in [3.8, 4) is 0 Å². The highest BCUT2D eigenvalue weighted by molar-refractivity contribution is 7.98. The molecular formula is C31H59NP2S. The molecule has 0 saturated heterocycles. The van der Waals surface area contributed by atoms with E-state index < -0.39 is 0 Å². The van der Waals surface area contributed by atoms with Crippen molar-refractivity contribution in [1.82, 2.24) is 4.90 Å². The van der Waals surface area contributed by atoms with Crippen LogP contribution >= 0.6 is 27.6 Å². The lowest BCUT2D eigenvalue weighted by molar-refractivity contribution is 0.325. The van der Waals surface area contributed by atoms with Crippen LogP contribution in [0.5, 0.6) is 0 Å². The van der Waals surface area contributed by atoms with Crippen LogP contribution in [-0.4, -0.2) is 71.5 Å². The molecule has 0 unspecified atom stereocenters. The second-order valence-electron chi connectivity index (χ2n) is 12.5. The zero-order valence-corrected chi connectivity index (χ0v) is 26.0. The van der Waals surface area contributed by atoms with E-state index in [9.17, 15) is 0 Å². The van der Waals surface area contributed by atoms with Gasteiger partial charge in [-0.1, -0.05) is 92.9 Å². The van der Waals surface area contributed by atoms with E-state index in [0.717, 1.165) is 22.6 Å². The van der Waals surface area contributed by atoms with Crippen LogP contribution in [-0.2, 0) is 0 Å². The van der Waals surface area contributed by atoms with Crippen LogP contribution in [0.15, 0.2) is 0 Å². The minimum Gasteiger partial charge on any atom is -0.302 e. The van der Waals surface area contributed by atoms with Gasteiger partial charge >= 0.3 is 0 Å². The van der Waals surface area contributed by atoms with Crippen molar-refractivity contribution in [3.63, 3.8) is 0 Å². The maximum Gasteiger partial charge on any atom is 0.00725 e. The Morgan fingerprint density at radius 3 is 1.09 bits per heavy atom. The first kappa shape index (κ1) is 29.2. The molecule has 4 fully saturated rings. The fourth-order valence-corrected chi connectivity index (χ4v) is 16.3. The maximum atomic E-state index is 3.00. The van der Waals surface area contributed by atoms with E-state index in [1.54, 1.807) is 115 Å². The smallest absolute Gasteiger partial charge is 0.00725 e. The van der Waals surface area contributed by atoms with Crippen molar-refractivity contribution in [1.29, 1.82) is 0 Å². The quantitative estimate of drug-likeness (QED) is 0.214. The molecule has 0 radical (unpaired) electrons. The van der Waals surface area contributed by atoms with Gasteiger partial charge in [-0.2, -0.15) is 11.8 Å². The zero-order chi connectivity index (χ0) is 24.1. The third-order valence-electron chi connectivity index (χ3n) is 10.1. The monoisotopic (exact) mass is 539 g/mol. The number of nitrogens with zero attached hydrogens (tertiary/aromatic N) is 1. The lowest BCUT2D eigenvalue weighted by Crippen LogP contribution is -2.35. The zero-order valence-electron chi connectivity index (χ0n) is 23.4. The van der Waals surface area contributed by atoms with Gasteiger partial charge in [-0.25, -0.2) is 0 Å². The van der Waals surface area contributed by atoms with Crippen LogP contribution in [0, 0.1) is 0 Å². The second kappa shape index (κ2) is 17.0. The van der Waals surface area contributed by atoms with E-state index in [1.165, 1.54) is 51.1 Å². The third kappa shape index (κ3) is 9.70. The Hall–Kier alpha value is 1.17. The highest BCUT2D eigenvalue weighted by Crippen LogP contribution is 2.57. The van der Waals surface area contributed by atoms with Gasteiger partial charge < -0.3 is 4.90 Å². The summed E-state index contributed by atoms with van der Waals surface area (Å²) in [6, 6.07) is 0. The molecule has 0 heterocycles. The Labute approximate surface area is 227 Å². The van der Waals surface area contributed by atoms with Crippen LogP contribution < -0.4 is 0 Å². The molecular weight excluding hydrogens is 480 g/mol. The lowest BCUT2D eigenvalue weighted by Gasteiger charge is -2.41. The van der Waals surface area contributed by atoms with Gasteiger partial charge in [0.15, 0.2) is 0 Å². The summed E-state index contributed by atoms with van der Waals surface area (Å²) in [4.78, 5) is 3.00. The van der Waals surface area contributed by atoms with Gasteiger partial charge in [-0.3, -0.25) is 0 Å². The van der Waals surface area contributed by atoms with E-state index in [0.29, 0.717) is 0 Å². The average molecular weight is 540 g/mol. The summed E-state index contributed by atoms with van der Waals surface area (Å²) in [6.45, 7) is 4.24. The van der Waals surface area contributed by atoms with Crippen molar-refractivity contribution >= 4 is 27.6 Å².